The van der Waals surface area contributed by atoms with Crippen molar-refractivity contribution in [3.63, 3.8) is 0 Å². The summed E-state index contributed by atoms with van der Waals surface area (Å²) in [4.78, 5) is 0. The Balaban J connectivity index is 1.82. The monoisotopic (exact) mass is 253 g/mol. The quantitative estimate of drug-likeness (QED) is 0.591. The van der Waals surface area contributed by atoms with Crippen molar-refractivity contribution in [2.45, 2.75) is 57.3 Å². The number of nitrogens with one attached hydrogen (secondary N) is 1. The van der Waals surface area contributed by atoms with E-state index in [2.05, 4.69) is 41.7 Å². The van der Waals surface area contributed by atoms with E-state index in [0.717, 1.165) is 12.7 Å². The van der Waals surface area contributed by atoms with Crippen LogP contribution in [0.25, 0.3) is 0 Å². The lowest BCUT2D eigenvalue weighted by Crippen LogP contribution is -2.20. The predicted octanol–water partition coefficient (Wildman–Crippen LogP) is 4.72. The standard InChI is InChI=1S/C17H24BN/c18-14-6-9-15-7-4-12-17(13-5-8-15)19-16-10-2-1-3-11-16/h1-3,7,10-11,17,19H,4-6,8-9,12-14H2/b15-7+. The maximum Gasteiger partial charge on any atom is 0.0653 e. The molecule has 0 amide bonds. The van der Waals surface area contributed by atoms with Gasteiger partial charge in [-0.2, -0.15) is 0 Å². The molecule has 100 valence electrons. The molecule has 1 aliphatic rings. The summed E-state index contributed by atoms with van der Waals surface area (Å²) in [6, 6.07) is 11.2. The summed E-state index contributed by atoms with van der Waals surface area (Å²) >= 11 is 0. The van der Waals surface area contributed by atoms with Crippen molar-refractivity contribution in [1.29, 1.82) is 0 Å². The normalized spacial score (nSPS) is 22.9. The summed E-state index contributed by atoms with van der Waals surface area (Å²) in [6.07, 6.45) is 11.9. The van der Waals surface area contributed by atoms with Crippen LogP contribution in [0.1, 0.15) is 44.9 Å². The lowest BCUT2D eigenvalue weighted by molar-refractivity contribution is 0.558. The predicted molar refractivity (Wildman–Crippen MR) is 84.8 cm³/mol. The fourth-order valence-corrected chi connectivity index (χ4v) is 2.78. The second-order valence-corrected chi connectivity index (χ2v) is 5.43. The van der Waals surface area contributed by atoms with Gasteiger partial charge < -0.3 is 5.32 Å². The number of rotatable bonds is 5. The van der Waals surface area contributed by atoms with Crippen LogP contribution in [0.4, 0.5) is 5.69 Å². The van der Waals surface area contributed by atoms with E-state index in [1.807, 2.05) is 0 Å². The van der Waals surface area contributed by atoms with Crippen molar-refractivity contribution in [1.82, 2.24) is 0 Å². The highest BCUT2D eigenvalue weighted by Gasteiger charge is 2.11. The van der Waals surface area contributed by atoms with Gasteiger partial charge in [-0.05, 0) is 50.7 Å². The van der Waals surface area contributed by atoms with Gasteiger partial charge in [-0.1, -0.05) is 42.6 Å². The third-order valence-corrected chi connectivity index (χ3v) is 3.85. The molecule has 0 aliphatic heterocycles. The van der Waals surface area contributed by atoms with Gasteiger partial charge in [-0.3, -0.25) is 0 Å². The van der Waals surface area contributed by atoms with Crippen molar-refractivity contribution < 1.29 is 0 Å². The average Bonchev–Trinajstić information content (AvgIpc) is 2.41. The highest BCUT2D eigenvalue weighted by Crippen LogP contribution is 2.23. The molecule has 0 heterocycles. The van der Waals surface area contributed by atoms with Crippen LogP contribution in [0.2, 0.25) is 6.32 Å². The van der Waals surface area contributed by atoms with E-state index < -0.39 is 0 Å². The van der Waals surface area contributed by atoms with E-state index in [1.54, 1.807) is 5.57 Å². The van der Waals surface area contributed by atoms with Crippen LogP contribution in [-0.4, -0.2) is 13.9 Å². The largest absolute Gasteiger partial charge is 0.382 e. The van der Waals surface area contributed by atoms with Gasteiger partial charge in [0, 0.05) is 11.7 Å². The highest BCUT2D eigenvalue weighted by atomic mass is 14.9. The smallest absolute Gasteiger partial charge is 0.0653 e. The van der Waals surface area contributed by atoms with Gasteiger partial charge >= 0.3 is 0 Å². The number of anilines is 1. The van der Waals surface area contributed by atoms with Crippen molar-refractivity contribution in [3.05, 3.63) is 42.0 Å². The van der Waals surface area contributed by atoms with E-state index in [4.69, 9.17) is 7.85 Å². The molecule has 1 aliphatic carbocycles. The summed E-state index contributed by atoms with van der Waals surface area (Å²) < 4.78 is 0. The number of hydrogen-bond acceptors (Lipinski definition) is 1. The molecule has 0 fully saturated rings. The van der Waals surface area contributed by atoms with E-state index in [9.17, 15) is 0 Å². The zero-order chi connectivity index (χ0) is 13.3. The third-order valence-electron chi connectivity index (χ3n) is 3.85. The maximum absolute atomic E-state index is 5.59. The Bertz CT molecular complexity index is 386. The molecule has 1 unspecified atom stereocenters. The topological polar surface area (TPSA) is 12.0 Å². The first-order valence-corrected chi connectivity index (χ1v) is 7.58. The maximum atomic E-state index is 5.59. The second-order valence-electron chi connectivity index (χ2n) is 5.43. The highest BCUT2D eigenvalue weighted by molar-refractivity contribution is 6.08. The molecule has 2 heteroatoms. The fourth-order valence-electron chi connectivity index (χ4n) is 2.78. The lowest BCUT2D eigenvalue weighted by Gasteiger charge is -2.22. The molecule has 0 spiro atoms. The van der Waals surface area contributed by atoms with Gasteiger partial charge in [0.2, 0.25) is 0 Å². The first-order chi connectivity index (χ1) is 9.38. The minimum Gasteiger partial charge on any atom is -0.382 e. The van der Waals surface area contributed by atoms with Gasteiger partial charge in [-0.25, -0.2) is 0 Å². The molecule has 0 saturated heterocycles. The van der Waals surface area contributed by atoms with Crippen molar-refractivity contribution in [3.8, 4) is 0 Å². The number of hydrogen-bond donors (Lipinski definition) is 1. The summed E-state index contributed by atoms with van der Waals surface area (Å²) in [7, 11) is 5.59. The fraction of sp³-hybridized carbons (Fsp3) is 0.529. The van der Waals surface area contributed by atoms with Gasteiger partial charge in [0.05, 0.1) is 7.85 Å². The van der Waals surface area contributed by atoms with Crippen LogP contribution in [0.3, 0.4) is 0 Å². The van der Waals surface area contributed by atoms with Gasteiger partial charge in [0.1, 0.15) is 0 Å². The minimum atomic E-state index is 0.620. The van der Waals surface area contributed by atoms with Gasteiger partial charge in [0.15, 0.2) is 0 Å². The number of allylic oxidation sites excluding steroid dienone is 2. The zero-order valence-electron chi connectivity index (χ0n) is 11.8. The Kier molecular flexibility index (Phi) is 6.06. The summed E-state index contributed by atoms with van der Waals surface area (Å²) in [5, 5.41) is 3.66. The molecule has 1 aromatic carbocycles. The number of para-hydroxylation sites is 1. The summed E-state index contributed by atoms with van der Waals surface area (Å²) in [6.45, 7) is 0. The molecule has 2 rings (SSSR count). The molecule has 0 saturated carbocycles. The molecule has 1 aromatic rings. The van der Waals surface area contributed by atoms with Crippen molar-refractivity contribution in [2.75, 3.05) is 5.32 Å². The van der Waals surface area contributed by atoms with Crippen LogP contribution in [0, 0.1) is 0 Å². The van der Waals surface area contributed by atoms with E-state index in [1.165, 1.54) is 44.2 Å². The molecule has 0 aromatic heterocycles. The SMILES string of the molecule is [B]CCC/C1=C/CCC(Nc2ccccc2)CCC1. The van der Waals surface area contributed by atoms with Crippen molar-refractivity contribution in [2.24, 2.45) is 0 Å². The van der Waals surface area contributed by atoms with Crippen molar-refractivity contribution >= 4 is 13.5 Å². The Hall–Kier alpha value is -1.18. The van der Waals surface area contributed by atoms with Crippen LogP contribution in [0.5, 0.6) is 0 Å². The summed E-state index contributed by atoms with van der Waals surface area (Å²) in [5.41, 5.74) is 2.88. The molecule has 0 bridgehead atoms. The van der Waals surface area contributed by atoms with E-state index >= 15 is 0 Å². The first kappa shape index (κ1) is 14.2. The molecular weight excluding hydrogens is 229 g/mol. The van der Waals surface area contributed by atoms with Crippen LogP contribution < -0.4 is 5.32 Å². The second kappa shape index (κ2) is 8.09. The Morgan fingerprint density at radius 1 is 1.16 bits per heavy atom. The summed E-state index contributed by atoms with van der Waals surface area (Å²) in [5.74, 6) is 0. The van der Waals surface area contributed by atoms with Crippen LogP contribution in [0.15, 0.2) is 42.0 Å². The molecule has 1 nitrogen and oxygen atoms in total. The average molecular weight is 253 g/mol. The Morgan fingerprint density at radius 2 is 2.00 bits per heavy atom. The minimum absolute atomic E-state index is 0.620. The first-order valence-electron chi connectivity index (χ1n) is 7.58. The lowest BCUT2D eigenvalue weighted by atomic mass is 9.91. The molecule has 1 N–H and O–H groups in total. The van der Waals surface area contributed by atoms with Gasteiger partial charge in [0.25, 0.3) is 0 Å². The van der Waals surface area contributed by atoms with Crippen LogP contribution in [-0.2, 0) is 0 Å². The van der Waals surface area contributed by atoms with Gasteiger partial charge in [-0.15, -0.1) is 0 Å². The zero-order valence-corrected chi connectivity index (χ0v) is 11.8. The Morgan fingerprint density at radius 3 is 2.79 bits per heavy atom. The molecular formula is C17H24BN. The molecule has 2 radical (unpaired) electrons. The molecule has 19 heavy (non-hydrogen) atoms. The molecule has 1 atom stereocenters. The van der Waals surface area contributed by atoms with E-state index in [-0.39, 0.29) is 0 Å². The van der Waals surface area contributed by atoms with Crippen LogP contribution >= 0.6 is 0 Å². The number of benzene rings is 1. The van der Waals surface area contributed by atoms with E-state index in [0.29, 0.717) is 6.04 Å². The third kappa shape index (κ3) is 5.14. The Labute approximate surface area is 118 Å².